The lowest BCUT2D eigenvalue weighted by molar-refractivity contribution is 0.0964. The molecule has 0 bridgehead atoms. The first-order valence-electron chi connectivity index (χ1n) is 9.32. The molecule has 0 radical (unpaired) electrons. The Hall–Kier alpha value is -2.59. The topological polar surface area (TPSA) is 28.5 Å². The van der Waals surface area contributed by atoms with Crippen LogP contribution in [0.5, 0.6) is 0 Å². The Kier molecular flexibility index (Phi) is 4.76. The third-order valence-corrected chi connectivity index (χ3v) is 5.35. The highest BCUT2D eigenvalue weighted by Crippen LogP contribution is 2.22. The SMILES string of the molecule is Cn1cc(C(=O)CCN2CCN(c3ccccc3)CC2)c2ccccc21. The minimum Gasteiger partial charge on any atom is -0.369 e. The van der Waals surface area contributed by atoms with Gasteiger partial charge in [0, 0.05) is 74.5 Å². The molecule has 0 saturated carbocycles. The van der Waals surface area contributed by atoms with E-state index in [9.17, 15) is 4.79 Å². The number of piperazine rings is 1. The number of nitrogens with zero attached hydrogens (tertiary/aromatic N) is 3. The average molecular weight is 347 g/mol. The summed E-state index contributed by atoms with van der Waals surface area (Å²) in [6.45, 7) is 4.90. The predicted octanol–water partition coefficient (Wildman–Crippen LogP) is 3.57. The van der Waals surface area contributed by atoms with E-state index in [2.05, 4.69) is 46.2 Å². The van der Waals surface area contributed by atoms with E-state index in [1.165, 1.54) is 5.69 Å². The Morgan fingerprint density at radius 1 is 0.923 bits per heavy atom. The fourth-order valence-corrected chi connectivity index (χ4v) is 3.83. The van der Waals surface area contributed by atoms with Crippen LogP contribution >= 0.6 is 0 Å². The van der Waals surface area contributed by atoms with Crippen molar-refractivity contribution in [1.82, 2.24) is 9.47 Å². The van der Waals surface area contributed by atoms with Crippen LogP contribution in [0.25, 0.3) is 10.9 Å². The van der Waals surface area contributed by atoms with Gasteiger partial charge in [-0.15, -0.1) is 0 Å². The van der Waals surface area contributed by atoms with Crippen molar-refractivity contribution in [3.8, 4) is 0 Å². The van der Waals surface area contributed by atoms with Gasteiger partial charge in [-0.25, -0.2) is 0 Å². The third-order valence-electron chi connectivity index (χ3n) is 5.35. The third kappa shape index (κ3) is 3.37. The standard InChI is InChI=1S/C22H25N3O/c1-23-17-20(19-9-5-6-10-21(19)23)22(26)11-12-24-13-15-25(16-14-24)18-7-3-2-4-8-18/h2-10,17H,11-16H2,1H3. The smallest absolute Gasteiger partial charge is 0.166 e. The van der Waals surface area contributed by atoms with Crippen molar-refractivity contribution in [2.45, 2.75) is 6.42 Å². The molecule has 1 saturated heterocycles. The second kappa shape index (κ2) is 7.34. The van der Waals surface area contributed by atoms with Gasteiger partial charge in [0.15, 0.2) is 5.78 Å². The number of hydrogen-bond acceptors (Lipinski definition) is 3. The summed E-state index contributed by atoms with van der Waals surface area (Å²) in [5.41, 5.74) is 3.26. The number of aryl methyl sites for hydroxylation is 1. The van der Waals surface area contributed by atoms with Gasteiger partial charge < -0.3 is 9.47 Å². The molecule has 134 valence electrons. The van der Waals surface area contributed by atoms with Gasteiger partial charge >= 0.3 is 0 Å². The van der Waals surface area contributed by atoms with E-state index in [4.69, 9.17) is 0 Å². The quantitative estimate of drug-likeness (QED) is 0.661. The number of anilines is 1. The summed E-state index contributed by atoms with van der Waals surface area (Å²) in [7, 11) is 2.00. The van der Waals surface area contributed by atoms with Gasteiger partial charge in [-0.3, -0.25) is 9.69 Å². The van der Waals surface area contributed by atoms with E-state index in [0.29, 0.717) is 6.42 Å². The highest BCUT2D eigenvalue weighted by atomic mass is 16.1. The van der Waals surface area contributed by atoms with Crippen LogP contribution in [0, 0.1) is 0 Å². The normalized spacial score (nSPS) is 15.5. The van der Waals surface area contributed by atoms with Crippen LogP contribution in [-0.4, -0.2) is 48.0 Å². The highest BCUT2D eigenvalue weighted by molar-refractivity contribution is 6.08. The summed E-state index contributed by atoms with van der Waals surface area (Å²) < 4.78 is 2.04. The first-order chi connectivity index (χ1) is 12.7. The zero-order chi connectivity index (χ0) is 17.9. The number of rotatable bonds is 5. The fraction of sp³-hybridized carbons (Fsp3) is 0.318. The van der Waals surface area contributed by atoms with Gasteiger partial charge in [-0.2, -0.15) is 0 Å². The maximum Gasteiger partial charge on any atom is 0.166 e. The molecule has 2 aromatic carbocycles. The lowest BCUT2D eigenvalue weighted by Gasteiger charge is -2.36. The Morgan fingerprint density at radius 2 is 1.62 bits per heavy atom. The summed E-state index contributed by atoms with van der Waals surface area (Å²) in [4.78, 5) is 17.6. The summed E-state index contributed by atoms with van der Waals surface area (Å²) in [5, 5.41) is 1.06. The summed E-state index contributed by atoms with van der Waals surface area (Å²) >= 11 is 0. The summed E-state index contributed by atoms with van der Waals surface area (Å²) in [5.74, 6) is 0.243. The van der Waals surface area contributed by atoms with Gasteiger partial charge in [-0.05, 0) is 18.2 Å². The minimum atomic E-state index is 0.243. The number of hydrogen-bond donors (Lipinski definition) is 0. The molecule has 0 spiro atoms. The number of benzene rings is 2. The average Bonchev–Trinajstić information content (AvgIpc) is 3.04. The van der Waals surface area contributed by atoms with Crippen LogP contribution in [0.3, 0.4) is 0 Å². The number of fused-ring (bicyclic) bond motifs is 1. The van der Waals surface area contributed by atoms with Gasteiger partial charge in [0.25, 0.3) is 0 Å². The summed E-state index contributed by atoms with van der Waals surface area (Å²) in [6.07, 6.45) is 2.56. The van der Waals surface area contributed by atoms with E-state index in [0.717, 1.165) is 49.2 Å². The molecular weight excluding hydrogens is 322 g/mol. The first kappa shape index (κ1) is 16.9. The first-order valence-corrected chi connectivity index (χ1v) is 9.32. The van der Waals surface area contributed by atoms with Crippen LogP contribution in [0.1, 0.15) is 16.8 Å². The molecule has 1 aromatic heterocycles. The lowest BCUT2D eigenvalue weighted by atomic mass is 10.1. The summed E-state index contributed by atoms with van der Waals surface area (Å²) in [6, 6.07) is 18.7. The van der Waals surface area contributed by atoms with Crippen molar-refractivity contribution in [3.05, 3.63) is 66.4 Å². The molecule has 0 N–H and O–H groups in total. The molecule has 0 atom stereocenters. The zero-order valence-electron chi connectivity index (χ0n) is 15.3. The molecular formula is C22H25N3O. The zero-order valence-corrected chi connectivity index (χ0v) is 15.3. The number of carbonyl (C=O) groups excluding carboxylic acids is 1. The molecule has 4 nitrogen and oxygen atoms in total. The van der Waals surface area contributed by atoms with E-state index in [1.807, 2.05) is 36.0 Å². The lowest BCUT2D eigenvalue weighted by Crippen LogP contribution is -2.46. The van der Waals surface area contributed by atoms with Crippen LogP contribution in [0.4, 0.5) is 5.69 Å². The van der Waals surface area contributed by atoms with Crippen molar-refractivity contribution in [2.75, 3.05) is 37.6 Å². The molecule has 4 heteroatoms. The maximum absolute atomic E-state index is 12.8. The number of carbonyl (C=O) groups is 1. The predicted molar refractivity (Wildman–Crippen MR) is 107 cm³/mol. The Labute approximate surface area is 154 Å². The second-order valence-corrected chi connectivity index (χ2v) is 7.01. The van der Waals surface area contributed by atoms with Gasteiger partial charge in [0.1, 0.15) is 0 Å². The second-order valence-electron chi connectivity index (χ2n) is 7.01. The molecule has 0 amide bonds. The molecule has 2 heterocycles. The van der Waals surface area contributed by atoms with E-state index >= 15 is 0 Å². The number of para-hydroxylation sites is 2. The number of ketones is 1. The van der Waals surface area contributed by atoms with Crippen LogP contribution in [0.2, 0.25) is 0 Å². The van der Waals surface area contributed by atoms with E-state index < -0.39 is 0 Å². The molecule has 1 aliphatic heterocycles. The minimum absolute atomic E-state index is 0.243. The monoisotopic (exact) mass is 347 g/mol. The Morgan fingerprint density at radius 3 is 2.38 bits per heavy atom. The largest absolute Gasteiger partial charge is 0.369 e. The van der Waals surface area contributed by atoms with Gasteiger partial charge in [0.05, 0.1) is 0 Å². The highest BCUT2D eigenvalue weighted by Gasteiger charge is 2.19. The van der Waals surface area contributed by atoms with Crippen LogP contribution in [0.15, 0.2) is 60.8 Å². The van der Waals surface area contributed by atoms with Crippen molar-refractivity contribution >= 4 is 22.4 Å². The Bertz CT molecular complexity index is 892. The molecule has 0 aliphatic carbocycles. The van der Waals surface area contributed by atoms with E-state index in [-0.39, 0.29) is 5.78 Å². The number of Topliss-reactive ketones (excluding diaryl/α,β-unsaturated/α-hetero) is 1. The number of aromatic nitrogens is 1. The van der Waals surface area contributed by atoms with Gasteiger partial charge in [-0.1, -0.05) is 36.4 Å². The van der Waals surface area contributed by atoms with Crippen LogP contribution in [-0.2, 0) is 7.05 Å². The van der Waals surface area contributed by atoms with Crippen LogP contribution < -0.4 is 4.90 Å². The molecule has 0 unspecified atom stereocenters. The van der Waals surface area contributed by atoms with E-state index in [1.54, 1.807) is 0 Å². The Balaban J connectivity index is 1.34. The van der Waals surface area contributed by atoms with Crippen molar-refractivity contribution < 1.29 is 4.79 Å². The molecule has 26 heavy (non-hydrogen) atoms. The molecule has 1 fully saturated rings. The van der Waals surface area contributed by atoms with Crippen molar-refractivity contribution in [3.63, 3.8) is 0 Å². The van der Waals surface area contributed by atoms with Gasteiger partial charge in [0.2, 0.25) is 0 Å². The maximum atomic E-state index is 12.8. The van der Waals surface area contributed by atoms with Crippen molar-refractivity contribution in [1.29, 1.82) is 0 Å². The van der Waals surface area contributed by atoms with Crippen molar-refractivity contribution in [2.24, 2.45) is 7.05 Å². The fourth-order valence-electron chi connectivity index (χ4n) is 3.83. The molecule has 3 aromatic rings. The molecule has 4 rings (SSSR count). The molecule has 1 aliphatic rings.